The fourth-order valence-corrected chi connectivity index (χ4v) is 4.38. The van der Waals surface area contributed by atoms with Crippen LogP contribution in [0.4, 0.5) is 19.1 Å². The van der Waals surface area contributed by atoms with Crippen molar-refractivity contribution in [3.8, 4) is 0 Å². The zero-order valence-corrected chi connectivity index (χ0v) is 17.3. The third-order valence-electron chi connectivity index (χ3n) is 6.11. The Morgan fingerprint density at radius 1 is 1.23 bits per heavy atom. The summed E-state index contributed by atoms with van der Waals surface area (Å²) in [5.74, 6) is 0.142. The smallest absolute Gasteiger partial charge is 0.377 e. The first-order valence-electron chi connectivity index (χ1n) is 10.6. The summed E-state index contributed by atoms with van der Waals surface area (Å²) in [6.07, 6.45) is -2.03. The van der Waals surface area contributed by atoms with E-state index in [1.807, 2.05) is 19.1 Å². The van der Waals surface area contributed by atoms with Crippen LogP contribution in [-0.4, -0.2) is 57.5 Å². The Kier molecular flexibility index (Phi) is 6.17. The van der Waals surface area contributed by atoms with E-state index in [9.17, 15) is 18.0 Å². The highest BCUT2D eigenvalue weighted by Crippen LogP contribution is 2.41. The monoisotopic (exact) mass is 437 g/mol. The Balaban J connectivity index is 1.36. The van der Waals surface area contributed by atoms with Crippen LogP contribution in [-0.2, 0) is 11.3 Å². The number of hydrogen-bond donors (Lipinski definition) is 1. The van der Waals surface area contributed by atoms with E-state index in [1.54, 1.807) is 17.0 Å². The third-order valence-corrected chi connectivity index (χ3v) is 6.11. The Bertz CT molecular complexity index is 891. The molecule has 2 aliphatic heterocycles. The van der Waals surface area contributed by atoms with Crippen LogP contribution >= 0.6 is 0 Å². The molecule has 1 N–H and O–H groups in total. The van der Waals surface area contributed by atoms with Gasteiger partial charge in [0.2, 0.25) is 5.95 Å². The molecule has 3 heterocycles. The van der Waals surface area contributed by atoms with Crippen LogP contribution < -0.4 is 5.32 Å². The van der Waals surface area contributed by atoms with Crippen molar-refractivity contribution >= 4 is 11.9 Å². The lowest BCUT2D eigenvalue weighted by Gasteiger charge is -2.40. The highest BCUT2D eigenvalue weighted by molar-refractivity contribution is 5.94. The van der Waals surface area contributed by atoms with Crippen molar-refractivity contribution < 1.29 is 22.7 Å². The average molecular weight is 437 g/mol. The number of alkyl halides is 3. The zero-order valence-electron chi connectivity index (χ0n) is 17.3. The number of amides is 1. The van der Waals surface area contributed by atoms with E-state index >= 15 is 0 Å². The lowest BCUT2D eigenvalue weighted by atomic mass is 9.85. The minimum atomic E-state index is -4.38. The number of ether oxygens (including phenoxy) is 1. The van der Waals surface area contributed by atoms with Crippen LogP contribution in [0, 0.1) is 5.92 Å². The quantitative estimate of drug-likeness (QED) is 0.773. The number of aromatic nitrogens is 3. The van der Waals surface area contributed by atoms with E-state index in [0.717, 1.165) is 16.6 Å². The maximum Gasteiger partial charge on any atom is 0.411 e. The molecule has 7 nitrogen and oxygen atoms in total. The van der Waals surface area contributed by atoms with Gasteiger partial charge in [0.15, 0.2) is 6.04 Å². The first-order chi connectivity index (χ1) is 14.9. The summed E-state index contributed by atoms with van der Waals surface area (Å²) in [5, 5.41) is 6.86. The molecule has 0 spiro atoms. The lowest BCUT2D eigenvalue weighted by molar-refractivity contribution is -0.174. The van der Waals surface area contributed by atoms with Crippen molar-refractivity contribution in [3.05, 3.63) is 41.7 Å². The summed E-state index contributed by atoms with van der Waals surface area (Å²) in [7, 11) is 0. The Morgan fingerprint density at radius 2 is 1.94 bits per heavy atom. The summed E-state index contributed by atoms with van der Waals surface area (Å²) in [4.78, 5) is 18.5. The summed E-state index contributed by atoms with van der Waals surface area (Å²) in [6.45, 7) is 4.11. The van der Waals surface area contributed by atoms with Gasteiger partial charge in [-0.05, 0) is 49.8 Å². The number of halogens is 3. The number of nitrogens with zero attached hydrogens (tertiary/aromatic N) is 4. The van der Waals surface area contributed by atoms with E-state index in [0.29, 0.717) is 44.7 Å². The van der Waals surface area contributed by atoms with E-state index in [2.05, 4.69) is 15.4 Å². The lowest BCUT2D eigenvalue weighted by Crippen LogP contribution is -2.47. The number of rotatable bonds is 5. The normalized spacial score (nSPS) is 22.1. The second-order valence-electron chi connectivity index (χ2n) is 8.04. The van der Waals surface area contributed by atoms with Gasteiger partial charge in [0.1, 0.15) is 6.33 Å². The van der Waals surface area contributed by atoms with Gasteiger partial charge in [-0.3, -0.25) is 4.79 Å². The SMILES string of the molecule is CCOCc1ccc(C(=O)N2CCC([C@@H]3C[C@H](C(F)(F)F)n4ncnc4N3)CC2)cc1. The van der Waals surface area contributed by atoms with Crippen molar-refractivity contribution in [2.75, 3.05) is 25.0 Å². The zero-order chi connectivity index (χ0) is 22.0. The largest absolute Gasteiger partial charge is 0.411 e. The van der Waals surface area contributed by atoms with Crippen LogP contribution in [0.25, 0.3) is 0 Å². The molecule has 31 heavy (non-hydrogen) atoms. The molecule has 1 fully saturated rings. The van der Waals surface area contributed by atoms with Crippen LogP contribution in [0.1, 0.15) is 48.1 Å². The van der Waals surface area contributed by atoms with Gasteiger partial charge in [0.05, 0.1) is 6.61 Å². The maximum atomic E-state index is 13.5. The van der Waals surface area contributed by atoms with Gasteiger partial charge in [-0.2, -0.15) is 23.3 Å². The molecule has 2 aliphatic rings. The molecule has 1 saturated heterocycles. The van der Waals surface area contributed by atoms with Crippen LogP contribution in [0.5, 0.6) is 0 Å². The minimum Gasteiger partial charge on any atom is -0.377 e. The van der Waals surface area contributed by atoms with E-state index in [-0.39, 0.29) is 30.2 Å². The number of carbonyl (C=O) groups is 1. The Labute approximate surface area is 178 Å². The fraction of sp³-hybridized carbons (Fsp3) is 0.571. The first kappa shape index (κ1) is 21.6. The van der Waals surface area contributed by atoms with Crippen molar-refractivity contribution in [2.45, 2.75) is 51.1 Å². The molecule has 4 rings (SSSR count). The molecule has 168 valence electrons. The molecular weight excluding hydrogens is 411 g/mol. The Hall–Kier alpha value is -2.62. The number of anilines is 1. The third kappa shape index (κ3) is 4.68. The predicted molar refractivity (Wildman–Crippen MR) is 108 cm³/mol. The molecular formula is C21H26F3N5O2. The molecule has 1 aromatic heterocycles. The average Bonchev–Trinajstić information content (AvgIpc) is 3.25. The highest BCUT2D eigenvalue weighted by Gasteiger charge is 2.48. The van der Waals surface area contributed by atoms with E-state index in [4.69, 9.17) is 4.74 Å². The number of piperidine rings is 1. The topological polar surface area (TPSA) is 72.3 Å². The van der Waals surface area contributed by atoms with Gasteiger partial charge in [0, 0.05) is 31.3 Å². The van der Waals surface area contributed by atoms with Gasteiger partial charge in [-0.1, -0.05) is 12.1 Å². The number of likely N-dealkylation sites (tertiary alicyclic amines) is 1. The number of carbonyl (C=O) groups excluding carboxylic acids is 1. The summed E-state index contributed by atoms with van der Waals surface area (Å²) >= 11 is 0. The summed E-state index contributed by atoms with van der Waals surface area (Å²) in [6, 6.07) is 5.34. The number of nitrogens with one attached hydrogen (secondary N) is 1. The van der Waals surface area contributed by atoms with Crippen molar-refractivity contribution in [3.63, 3.8) is 0 Å². The van der Waals surface area contributed by atoms with Crippen molar-refractivity contribution in [1.82, 2.24) is 19.7 Å². The predicted octanol–water partition coefficient (Wildman–Crippen LogP) is 3.65. The molecule has 1 aromatic carbocycles. The summed E-state index contributed by atoms with van der Waals surface area (Å²) < 4.78 is 46.8. The number of hydrogen-bond acceptors (Lipinski definition) is 5. The van der Waals surface area contributed by atoms with Crippen LogP contribution in [0.2, 0.25) is 0 Å². The molecule has 0 bridgehead atoms. The molecule has 1 amide bonds. The van der Waals surface area contributed by atoms with Gasteiger partial charge >= 0.3 is 6.18 Å². The minimum absolute atomic E-state index is 0.0351. The van der Waals surface area contributed by atoms with Crippen molar-refractivity contribution in [1.29, 1.82) is 0 Å². The molecule has 2 aromatic rings. The summed E-state index contributed by atoms with van der Waals surface area (Å²) in [5.41, 5.74) is 1.62. The maximum absolute atomic E-state index is 13.5. The molecule has 0 unspecified atom stereocenters. The van der Waals surface area contributed by atoms with Gasteiger partial charge in [0.25, 0.3) is 5.91 Å². The van der Waals surface area contributed by atoms with Gasteiger partial charge in [-0.15, -0.1) is 0 Å². The molecule has 0 radical (unpaired) electrons. The number of fused-ring (bicyclic) bond motifs is 1. The van der Waals surface area contributed by atoms with Gasteiger partial charge in [-0.25, -0.2) is 4.68 Å². The fourth-order valence-electron chi connectivity index (χ4n) is 4.38. The second-order valence-corrected chi connectivity index (χ2v) is 8.04. The molecule has 0 aliphatic carbocycles. The van der Waals surface area contributed by atoms with Crippen LogP contribution in [0.3, 0.4) is 0 Å². The number of benzene rings is 1. The van der Waals surface area contributed by atoms with Gasteiger partial charge < -0.3 is 15.0 Å². The second kappa shape index (κ2) is 8.86. The van der Waals surface area contributed by atoms with E-state index < -0.39 is 12.2 Å². The highest BCUT2D eigenvalue weighted by atomic mass is 19.4. The first-order valence-corrected chi connectivity index (χ1v) is 10.6. The standard InChI is InChI=1S/C21H26F3N5O2/c1-2-31-12-14-3-5-16(6-4-14)19(30)28-9-7-15(8-10-28)17-11-18(21(22,23)24)29-20(27-17)25-13-26-29/h3-6,13,15,17-18H,2,7-12H2,1H3,(H,25,26,27)/t17-,18+/m0/s1. The van der Waals surface area contributed by atoms with Crippen LogP contribution in [0.15, 0.2) is 30.6 Å². The molecule has 2 atom stereocenters. The van der Waals surface area contributed by atoms with E-state index in [1.165, 1.54) is 0 Å². The van der Waals surface area contributed by atoms with Crippen molar-refractivity contribution in [2.24, 2.45) is 5.92 Å². The molecule has 0 saturated carbocycles. The Morgan fingerprint density at radius 3 is 2.58 bits per heavy atom. The molecule has 10 heteroatoms.